The molecule has 14 heavy (non-hydrogen) atoms. The van der Waals surface area contributed by atoms with E-state index >= 15 is 0 Å². The molecule has 1 aromatic rings. The lowest BCUT2D eigenvalue weighted by Gasteiger charge is -2.05. The van der Waals surface area contributed by atoms with Crippen LogP contribution in [0, 0.1) is 0 Å². The highest BCUT2D eigenvalue weighted by molar-refractivity contribution is 6.30. The predicted molar refractivity (Wildman–Crippen MR) is 62.6 cm³/mol. The largest absolute Gasteiger partial charge is 0.309 e. The summed E-state index contributed by atoms with van der Waals surface area (Å²) in [5, 5.41) is 4.11. The summed E-state index contributed by atoms with van der Waals surface area (Å²) in [6.07, 6.45) is 1.04. The van der Waals surface area contributed by atoms with E-state index in [1.165, 1.54) is 11.1 Å². The van der Waals surface area contributed by atoms with Gasteiger partial charge in [0.05, 0.1) is 0 Å². The highest BCUT2D eigenvalue weighted by Crippen LogP contribution is 2.09. The molecule has 0 aliphatic carbocycles. The topological polar surface area (TPSA) is 12.0 Å². The smallest absolute Gasteiger partial charge is 0.0406 e. The minimum absolute atomic E-state index is 0.784. The molecular weight excluding hydrogens is 194 g/mol. The van der Waals surface area contributed by atoms with E-state index in [-0.39, 0.29) is 0 Å². The Morgan fingerprint density at radius 2 is 2.00 bits per heavy atom. The quantitative estimate of drug-likeness (QED) is 0.734. The molecular formula is C12H16ClN. The lowest BCUT2D eigenvalue weighted by molar-refractivity contribution is 0.727. The predicted octanol–water partition coefficient (Wildman–Crippen LogP) is 3.40. The molecule has 0 unspecified atom stereocenters. The monoisotopic (exact) mass is 209 g/mol. The third-order valence-corrected chi connectivity index (χ3v) is 2.37. The number of nitrogens with one attached hydrogen (secondary N) is 1. The lowest BCUT2D eigenvalue weighted by atomic mass is 10.2. The van der Waals surface area contributed by atoms with Crippen LogP contribution in [0.3, 0.4) is 0 Å². The average molecular weight is 210 g/mol. The van der Waals surface area contributed by atoms with Gasteiger partial charge in [-0.2, -0.15) is 0 Å². The summed E-state index contributed by atoms with van der Waals surface area (Å²) in [5.41, 5.74) is 2.48. The van der Waals surface area contributed by atoms with Crippen molar-refractivity contribution in [1.82, 2.24) is 5.32 Å². The Bertz CT molecular complexity index is 290. The maximum absolute atomic E-state index is 5.78. The Morgan fingerprint density at radius 3 is 2.57 bits per heavy atom. The standard InChI is InChI=1S/C12H16ClN/c1-3-10(2)8-14-9-11-4-6-12(13)7-5-11/h4-7,14H,2-3,8-9H2,1H3. The lowest BCUT2D eigenvalue weighted by Crippen LogP contribution is -2.15. The molecule has 0 radical (unpaired) electrons. The zero-order valence-electron chi connectivity index (χ0n) is 8.52. The molecule has 0 aliphatic rings. The average Bonchev–Trinajstić information content (AvgIpc) is 2.21. The Balaban J connectivity index is 2.31. The molecule has 0 saturated heterocycles. The van der Waals surface area contributed by atoms with Gasteiger partial charge in [-0.05, 0) is 24.1 Å². The van der Waals surface area contributed by atoms with Gasteiger partial charge in [-0.1, -0.05) is 42.8 Å². The van der Waals surface area contributed by atoms with Crippen molar-refractivity contribution in [2.75, 3.05) is 6.54 Å². The van der Waals surface area contributed by atoms with Gasteiger partial charge in [0.2, 0.25) is 0 Å². The third-order valence-electron chi connectivity index (χ3n) is 2.12. The van der Waals surface area contributed by atoms with E-state index in [1.54, 1.807) is 0 Å². The second kappa shape index (κ2) is 5.84. The molecule has 1 nitrogen and oxygen atoms in total. The van der Waals surface area contributed by atoms with Crippen molar-refractivity contribution in [3.05, 3.63) is 47.0 Å². The number of hydrogen-bond acceptors (Lipinski definition) is 1. The first-order valence-electron chi connectivity index (χ1n) is 4.84. The van der Waals surface area contributed by atoms with Gasteiger partial charge in [0.15, 0.2) is 0 Å². The zero-order chi connectivity index (χ0) is 10.4. The highest BCUT2D eigenvalue weighted by atomic mass is 35.5. The second-order valence-corrected chi connectivity index (χ2v) is 3.77. The van der Waals surface area contributed by atoms with Crippen LogP contribution in [0.1, 0.15) is 18.9 Å². The summed E-state index contributed by atoms with van der Waals surface area (Å²) >= 11 is 5.78. The molecule has 0 amide bonds. The molecule has 0 bridgehead atoms. The van der Waals surface area contributed by atoms with E-state index in [4.69, 9.17) is 11.6 Å². The highest BCUT2D eigenvalue weighted by Gasteiger charge is 1.93. The van der Waals surface area contributed by atoms with Gasteiger partial charge in [0.1, 0.15) is 0 Å². The van der Waals surface area contributed by atoms with Crippen LogP contribution >= 0.6 is 11.6 Å². The van der Waals surface area contributed by atoms with Crippen molar-refractivity contribution in [3.8, 4) is 0 Å². The Morgan fingerprint density at radius 1 is 1.36 bits per heavy atom. The zero-order valence-corrected chi connectivity index (χ0v) is 9.27. The third kappa shape index (κ3) is 3.95. The number of benzene rings is 1. The van der Waals surface area contributed by atoms with Crippen LogP contribution in [0.15, 0.2) is 36.4 Å². The van der Waals surface area contributed by atoms with Gasteiger partial charge < -0.3 is 5.32 Å². The van der Waals surface area contributed by atoms with E-state index < -0.39 is 0 Å². The fourth-order valence-electron chi connectivity index (χ4n) is 1.11. The molecule has 1 aromatic carbocycles. The van der Waals surface area contributed by atoms with Crippen LogP contribution in [0.2, 0.25) is 5.02 Å². The Labute approximate surface area is 90.8 Å². The van der Waals surface area contributed by atoms with Crippen molar-refractivity contribution >= 4 is 11.6 Å². The Hall–Kier alpha value is -0.790. The first-order valence-corrected chi connectivity index (χ1v) is 5.22. The van der Waals surface area contributed by atoms with Crippen molar-refractivity contribution < 1.29 is 0 Å². The maximum Gasteiger partial charge on any atom is 0.0406 e. The summed E-state index contributed by atoms with van der Waals surface area (Å²) in [6, 6.07) is 7.88. The van der Waals surface area contributed by atoms with Crippen LogP contribution in [-0.2, 0) is 6.54 Å². The fraction of sp³-hybridized carbons (Fsp3) is 0.333. The molecule has 0 aliphatic heterocycles. The number of halogens is 1. The number of hydrogen-bond donors (Lipinski definition) is 1. The molecule has 2 heteroatoms. The van der Waals surface area contributed by atoms with Crippen molar-refractivity contribution in [1.29, 1.82) is 0 Å². The van der Waals surface area contributed by atoms with Gasteiger partial charge in [-0.15, -0.1) is 0 Å². The van der Waals surface area contributed by atoms with Gasteiger partial charge >= 0.3 is 0 Å². The van der Waals surface area contributed by atoms with Crippen LogP contribution in [0.25, 0.3) is 0 Å². The van der Waals surface area contributed by atoms with Gasteiger partial charge in [0, 0.05) is 18.1 Å². The van der Waals surface area contributed by atoms with E-state index in [0.717, 1.165) is 24.5 Å². The SMILES string of the molecule is C=C(CC)CNCc1ccc(Cl)cc1. The second-order valence-electron chi connectivity index (χ2n) is 3.33. The summed E-state index contributed by atoms with van der Waals surface area (Å²) in [6.45, 7) is 7.81. The minimum atomic E-state index is 0.784. The molecule has 0 saturated carbocycles. The van der Waals surface area contributed by atoms with Gasteiger partial charge in [0.25, 0.3) is 0 Å². The van der Waals surface area contributed by atoms with Crippen molar-refractivity contribution in [2.45, 2.75) is 19.9 Å². The van der Waals surface area contributed by atoms with Crippen LogP contribution in [0.5, 0.6) is 0 Å². The fourth-order valence-corrected chi connectivity index (χ4v) is 1.24. The molecule has 1 N–H and O–H groups in total. The first-order chi connectivity index (χ1) is 6.72. The molecule has 1 rings (SSSR count). The van der Waals surface area contributed by atoms with Crippen LogP contribution < -0.4 is 5.32 Å². The molecule has 0 heterocycles. The van der Waals surface area contributed by atoms with Crippen molar-refractivity contribution in [3.63, 3.8) is 0 Å². The Kier molecular flexibility index (Phi) is 4.71. The van der Waals surface area contributed by atoms with Gasteiger partial charge in [-0.3, -0.25) is 0 Å². The van der Waals surface area contributed by atoms with E-state index in [1.807, 2.05) is 24.3 Å². The first kappa shape index (κ1) is 11.3. The summed E-state index contributed by atoms with van der Waals surface area (Å²) < 4.78 is 0. The summed E-state index contributed by atoms with van der Waals surface area (Å²) in [5.74, 6) is 0. The van der Waals surface area contributed by atoms with Crippen molar-refractivity contribution in [2.24, 2.45) is 0 Å². The molecule has 0 spiro atoms. The minimum Gasteiger partial charge on any atom is -0.309 e. The van der Waals surface area contributed by atoms with Gasteiger partial charge in [-0.25, -0.2) is 0 Å². The molecule has 0 aromatic heterocycles. The summed E-state index contributed by atoms with van der Waals surface area (Å²) in [7, 11) is 0. The van der Waals surface area contributed by atoms with Crippen LogP contribution in [0.4, 0.5) is 0 Å². The normalized spacial score (nSPS) is 10.1. The molecule has 0 fully saturated rings. The summed E-state index contributed by atoms with van der Waals surface area (Å²) in [4.78, 5) is 0. The molecule has 76 valence electrons. The number of rotatable bonds is 5. The van der Waals surface area contributed by atoms with Crippen LogP contribution in [-0.4, -0.2) is 6.54 Å². The molecule has 0 atom stereocenters. The van der Waals surface area contributed by atoms with E-state index in [0.29, 0.717) is 0 Å². The maximum atomic E-state index is 5.78. The van der Waals surface area contributed by atoms with E-state index in [9.17, 15) is 0 Å². The van der Waals surface area contributed by atoms with E-state index in [2.05, 4.69) is 18.8 Å².